The molecule has 5 amide bonds. The molecule has 4 atom stereocenters. The van der Waals surface area contributed by atoms with Gasteiger partial charge >= 0.3 is 18.3 Å². The van der Waals surface area contributed by atoms with Gasteiger partial charge in [0.25, 0.3) is 0 Å². The Bertz CT molecular complexity index is 2940. The van der Waals surface area contributed by atoms with E-state index in [1.807, 2.05) is 18.2 Å². The van der Waals surface area contributed by atoms with Crippen molar-refractivity contribution in [2.75, 3.05) is 67.2 Å². The molecule has 85 heavy (non-hydrogen) atoms. The van der Waals surface area contributed by atoms with Gasteiger partial charge < -0.3 is 44.3 Å². The molecule has 0 aromatic heterocycles. The summed E-state index contributed by atoms with van der Waals surface area (Å²) in [5.41, 5.74) is 9.65. The van der Waals surface area contributed by atoms with E-state index in [0.29, 0.717) is 35.1 Å². The van der Waals surface area contributed by atoms with E-state index in [-0.39, 0.29) is 68.4 Å². The van der Waals surface area contributed by atoms with Gasteiger partial charge in [-0.2, -0.15) is 0 Å². The van der Waals surface area contributed by atoms with Gasteiger partial charge in [0.05, 0.1) is 39.1 Å². The molecule has 460 valence electrons. The van der Waals surface area contributed by atoms with Crippen molar-refractivity contribution in [3.8, 4) is 23.0 Å². The Morgan fingerprint density at radius 2 is 1.16 bits per heavy atom. The molecule has 0 radical (unpaired) electrons. The SMILES string of the molecule is COc1cc(CN(CC2CCCCC2)C(C)c2ccc3c(c2)CCC3)ccc1OCCN1C(=O)CN(C)C1=O.COc1cc(CN(CC2CCCCC2)[C@H]2CCc3cc(Cl)ccc32)ccc1OCCN1C(=O)[C@@H]2C[C@H]2C1=O.O=C(O)O.O=C(O)O. The highest BCUT2D eigenvalue weighted by atomic mass is 35.5. The third-order valence-electron chi connectivity index (χ3n) is 17.7. The average Bonchev–Trinajstić information content (AvgIpc) is 1.77. The molecule has 3 saturated carbocycles. The maximum absolute atomic E-state index is 12.2. The summed E-state index contributed by atoms with van der Waals surface area (Å²) in [6.07, 6.45) is 16.3. The number of urea groups is 1. The highest BCUT2D eigenvalue weighted by Crippen LogP contribution is 2.47. The van der Waals surface area contributed by atoms with E-state index in [2.05, 4.69) is 71.3 Å². The quantitative estimate of drug-likeness (QED) is 0.0448. The Hall–Kier alpha value is -7.09. The zero-order chi connectivity index (χ0) is 60.7. The van der Waals surface area contributed by atoms with Gasteiger partial charge in [-0.05, 0) is 158 Å². The lowest BCUT2D eigenvalue weighted by Gasteiger charge is -2.34. The number of hydrogen-bond donors (Lipinski definition) is 4. The third kappa shape index (κ3) is 17.3. The summed E-state index contributed by atoms with van der Waals surface area (Å²) in [5, 5.41) is 28.7. The van der Waals surface area contributed by atoms with Crippen LogP contribution in [0.4, 0.5) is 14.4 Å². The second-order valence-electron chi connectivity index (χ2n) is 23.5. The number of methoxy groups -OCH3 is 2. The van der Waals surface area contributed by atoms with Crippen molar-refractivity contribution < 1.29 is 68.1 Å². The van der Waals surface area contributed by atoms with Crippen LogP contribution in [-0.2, 0) is 46.7 Å². The number of fused-ring (bicyclic) bond motifs is 3. The number of ether oxygens (including phenoxy) is 4. The van der Waals surface area contributed by atoms with Crippen LogP contribution in [0, 0.1) is 23.7 Å². The van der Waals surface area contributed by atoms with Crippen LogP contribution in [0.3, 0.4) is 0 Å². The van der Waals surface area contributed by atoms with Gasteiger partial charge in [-0.25, -0.2) is 14.4 Å². The van der Waals surface area contributed by atoms with Crippen molar-refractivity contribution in [1.29, 1.82) is 0 Å². The Balaban J connectivity index is 0.000000197. The number of amides is 5. The molecule has 0 spiro atoms. The number of aryl methyl sites for hydroxylation is 3. The molecule has 20 heteroatoms. The average molecular weight is 1190 g/mol. The molecule has 11 rings (SSSR count). The minimum atomic E-state index is -1.83. The summed E-state index contributed by atoms with van der Waals surface area (Å²) in [6.45, 7) is 7.37. The maximum Gasteiger partial charge on any atom is 0.503 e. The Morgan fingerprint density at radius 1 is 0.612 bits per heavy atom. The number of carbonyl (C=O) groups is 6. The number of nitrogens with zero attached hydrogens (tertiary/aromatic N) is 5. The summed E-state index contributed by atoms with van der Waals surface area (Å²) >= 11 is 6.30. The normalized spacial score (nSPS) is 20.1. The van der Waals surface area contributed by atoms with Gasteiger partial charge in [-0.15, -0.1) is 0 Å². The predicted molar refractivity (Wildman–Crippen MR) is 320 cm³/mol. The molecule has 5 fully saturated rings. The number of halogens is 1. The van der Waals surface area contributed by atoms with E-state index in [0.717, 1.165) is 62.3 Å². The van der Waals surface area contributed by atoms with E-state index in [1.54, 1.807) is 21.3 Å². The lowest BCUT2D eigenvalue weighted by molar-refractivity contribution is -0.141. The second kappa shape index (κ2) is 30.3. The summed E-state index contributed by atoms with van der Waals surface area (Å²) in [7, 11) is 4.94. The zero-order valence-electron chi connectivity index (χ0n) is 49.6. The molecule has 7 aliphatic rings. The monoisotopic (exact) mass is 1190 g/mol. The van der Waals surface area contributed by atoms with Gasteiger partial charge in [0.15, 0.2) is 23.0 Å². The number of carbonyl (C=O) groups excluding carboxylic acids is 4. The van der Waals surface area contributed by atoms with E-state index in [1.165, 1.54) is 137 Å². The molecule has 5 aliphatic carbocycles. The largest absolute Gasteiger partial charge is 0.503 e. The maximum atomic E-state index is 12.2. The van der Waals surface area contributed by atoms with E-state index in [9.17, 15) is 19.2 Å². The molecule has 2 aliphatic heterocycles. The first kappa shape index (κ1) is 63.9. The molecular weight excluding hydrogens is 1110 g/mol. The van der Waals surface area contributed by atoms with Crippen LogP contribution < -0.4 is 18.9 Å². The number of likely N-dealkylation sites (N-methyl/N-ethyl adjacent to an activating group) is 1. The zero-order valence-corrected chi connectivity index (χ0v) is 50.3. The standard InChI is InChI=1S/C32H43N3O4.C31H37ClN2O4.2CH2O3/c1-23(27-14-13-26-10-7-11-28(26)19-27)34(20-24-8-5-4-6-9-24)21-25-12-15-29(30(18-25)38-3)39-17-16-35-31(36)22-33(2)32(35)37;1-37-29-15-21(7-12-28(29)38-14-13-34-30(35)25-17-26(25)31(34)36)19-33(18-20-5-3-2-4-6-20)27-11-8-22-16-23(32)9-10-24(22)27;2*2-1(3)4/h12-15,18-19,23-24H,4-11,16-17,20-22H2,1-3H3;7,9-10,12,15-16,20,25-27H,2-6,8,11,13-14,17-19H2,1H3;2*(H2,2,3,4)/t;25-,26-,27+;;/m.1../s1. The molecule has 4 N–H and O–H groups in total. The summed E-state index contributed by atoms with van der Waals surface area (Å²) in [5.74, 6) is 3.69. The number of hydrogen-bond acceptors (Lipinski definition) is 12. The van der Waals surface area contributed by atoms with Crippen LogP contribution in [0.15, 0.2) is 72.8 Å². The van der Waals surface area contributed by atoms with Crippen LogP contribution in [-0.4, -0.2) is 148 Å². The minimum Gasteiger partial charge on any atom is -0.493 e. The second-order valence-corrected chi connectivity index (χ2v) is 24.0. The van der Waals surface area contributed by atoms with Crippen molar-refractivity contribution in [3.05, 3.63) is 117 Å². The first-order valence-corrected chi connectivity index (χ1v) is 30.5. The molecule has 2 saturated heterocycles. The van der Waals surface area contributed by atoms with Gasteiger partial charge in [0.2, 0.25) is 17.7 Å². The Kier molecular flexibility index (Phi) is 22.8. The third-order valence-corrected chi connectivity index (χ3v) is 18.0. The fraction of sp³-hybridized carbons (Fsp3) is 0.538. The van der Waals surface area contributed by atoms with Gasteiger partial charge in [-0.1, -0.05) is 86.5 Å². The smallest absolute Gasteiger partial charge is 0.493 e. The van der Waals surface area contributed by atoms with E-state index >= 15 is 0 Å². The van der Waals surface area contributed by atoms with Crippen molar-refractivity contribution >= 4 is 47.7 Å². The number of likely N-dealkylation sites (tertiary alicyclic amines) is 1. The summed E-state index contributed by atoms with van der Waals surface area (Å²) < 4.78 is 23.3. The van der Waals surface area contributed by atoms with E-state index < -0.39 is 12.3 Å². The molecular formula is C65H84ClN5O14. The topological polar surface area (TPSA) is 236 Å². The van der Waals surface area contributed by atoms with Crippen molar-refractivity contribution in [2.24, 2.45) is 23.7 Å². The van der Waals surface area contributed by atoms with E-state index in [4.69, 9.17) is 60.6 Å². The fourth-order valence-electron chi connectivity index (χ4n) is 13.3. The molecule has 4 aromatic rings. The summed E-state index contributed by atoms with van der Waals surface area (Å²) in [6, 6.07) is 26.3. The number of carboxylic acid groups (broad SMARTS) is 4. The van der Waals surface area contributed by atoms with Crippen LogP contribution >= 0.6 is 11.6 Å². The lowest BCUT2D eigenvalue weighted by atomic mass is 9.88. The molecule has 2 heterocycles. The Labute approximate surface area is 503 Å². The van der Waals surface area contributed by atoms with Crippen LogP contribution in [0.1, 0.15) is 141 Å². The highest BCUT2D eigenvalue weighted by Gasteiger charge is 2.58. The van der Waals surface area contributed by atoms with Gasteiger partial charge in [0.1, 0.15) is 19.8 Å². The first-order chi connectivity index (χ1) is 40.9. The molecule has 1 unspecified atom stereocenters. The minimum absolute atomic E-state index is 0.0419. The molecule has 19 nitrogen and oxygen atoms in total. The van der Waals surface area contributed by atoms with Crippen molar-refractivity contribution in [2.45, 2.75) is 135 Å². The van der Waals surface area contributed by atoms with Crippen molar-refractivity contribution in [1.82, 2.24) is 24.5 Å². The number of imide groups is 2. The number of piperidine rings is 1. The predicted octanol–water partition coefficient (Wildman–Crippen LogP) is 11.8. The first-order valence-electron chi connectivity index (χ1n) is 30.1. The number of rotatable bonds is 21. The van der Waals surface area contributed by atoms with Crippen LogP contribution in [0.5, 0.6) is 23.0 Å². The molecule has 0 bridgehead atoms. The van der Waals surface area contributed by atoms with Gasteiger partial charge in [0, 0.05) is 50.3 Å². The van der Waals surface area contributed by atoms with Crippen LogP contribution in [0.25, 0.3) is 0 Å². The Morgan fingerprint density at radius 3 is 1.73 bits per heavy atom. The number of benzene rings is 4. The van der Waals surface area contributed by atoms with Crippen molar-refractivity contribution in [3.63, 3.8) is 0 Å². The lowest BCUT2D eigenvalue weighted by Crippen LogP contribution is -2.36. The van der Waals surface area contributed by atoms with Gasteiger partial charge in [-0.3, -0.25) is 34.0 Å². The van der Waals surface area contributed by atoms with Crippen LogP contribution in [0.2, 0.25) is 5.02 Å². The molecule has 4 aromatic carbocycles. The highest BCUT2D eigenvalue weighted by molar-refractivity contribution is 6.30. The fourth-order valence-corrected chi connectivity index (χ4v) is 13.4. The summed E-state index contributed by atoms with van der Waals surface area (Å²) in [4.78, 5) is 75.1.